The largest absolute Gasteiger partial charge is 0.395 e. The maximum absolute atomic E-state index is 12.3. The predicted octanol–water partition coefficient (Wildman–Crippen LogP) is 3.77. The number of nitrogens with one attached hydrogen (secondary N) is 2. The lowest BCUT2D eigenvalue weighted by molar-refractivity contribution is 0.0944. The second-order valence-electron chi connectivity index (χ2n) is 6.76. The van der Waals surface area contributed by atoms with Crippen molar-refractivity contribution in [3.8, 4) is 0 Å². The minimum atomic E-state index is -0.145. The molecule has 0 saturated heterocycles. The molecule has 0 aromatic heterocycles. The van der Waals surface area contributed by atoms with Gasteiger partial charge in [-0.3, -0.25) is 4.79 Å². The van der Waals surface area contributed by atoms with Crippen molar-refractivity contribution in [3.05, 3.63) is 64.7 Å². The molecule has 25 heavy (non-hydrogen) atoms. The van der Waals surface area contributed by atoms with Crippen molar-refractivity contribution in [3.63, 3.8) is 0 Å². The standard InChI is InChI=1S/C21H26N2O2/c1-14-10-11-20(18-7-4-3-6-16(14)18)23-19-9-5-8-17(15(19)2)21(25)22-12-13-24/h3-9,14,20,23-24H,10-13H2,1-2H3,(H,22,25). The Morgan fingerprint density at radius 1 is 1.12 bits per heavy atom. The average molecular weight is 338 g/mol. The van der Waals surface area contributed by atoms with Crippen LogP contribution in [0, 0.1) is 6.92 Å². The molecule has 0 radical (unpaired) electrons. The Balaban J connectivity index is 1.85. The van der Waals surface area contributed by atoms with E-state index >= 15 is 0 Å². The molecule has 2 unspecified atom stereocenters. The van der Waals surface area contributed by atoms with Gasteiger partial charge in [0.1, 0.15) is 0 Å². The summed E-state index contributed by atoms with van der Waals surface area (Å²) < 4.78 is 0. The molecule has 1 amide bonds. The van der Waals surface area contributed by atoms with E-state index in [4.69, 9.17) is 5.11 Å². The summed E-state index contributed by atoms with van der Waals surface area (Å²) in [6, 6.07) is 14.6. The van der Waals surface area contributed by atoms with Crippen molar-refractivity contribution in [1.29, 1.82) is 0 Å². The number of anilines is 1. The Kier molecular flexibility index (Phi) is 5.39. The second-order valence-corrected chi connectivity index (χ2v) is 6.76. The summed E-state index contributed by atoms with van der Waals surface area (Å²) in [6.45, 7) is 4.46. The Labute approximate surface area is 149 Å². The van der Waals surface area contributed by atoms with Crippen LogP contribution in [0.25, 0.3) is 0 Å². The van der Waals surface area contributed by atoms with Crippen LogP contribution in [0.3, 0.4) is 0 Å². The highest BCUT2D eigenvalue weighted by atomic mass is 16.3. The molecule has 2 aromatic carbocycles. The molecule has 0 aliphatic heterocycles. The average Bonchev–Trinajstić information content (AvgIpc) is 2.64. The highest BCUT2D eigenvalue weighted by Crippen LogP contribution is 2.39. The molecule has 2 aromatic rings. The summed E-state index contributed by atoms with van der Waals surface area (Å²) in [7, 11) is 0. The van der Waals surface area contributed by atoms with Gasteiger partial charge in [-0.05, 0) is 54.5 Å². The fourth-order valence-corrected chi connectivity index (χ4v) is 3.64. The normalized spacial score (nSPS) is 19.2. The second kappa shape index (κ2) is 7.70. The molecule has 0 fully saturated rings. The van der Waals surface area contributed by atoms with Crippen LogP contribution in [0.5, 0.6) is 0 Å². The van der Waals surface area contributed by atoms with Crippen molar-refractivity contribution in [2.75, 3.05) is 18.5 Å². The van der Waals surface area contributed by atoms with Crippen LogP contribution in [-0.2, 0) is 0 Å². The molecular formula is C21H26N2O2. The molecule has 4 nitrogen and oxygen atoms in total. The third-order valence-corrected chi connectivity index (χ3v) is 5.10. The molecule has 3 N–H and O–H groups in total. The molecule has 0 spiro atoms. The van der Waals surface area contributed by atoms with E-state index in [0.717, 1.165) is 24.1 Å². The van der Waals surface area contributed by atoms with Gasteiger partial charge in [0.25, 0.3) is 5.91 Å². The number of carbonyl (C=O) groups is 1. The van der Waals surface area contributed by atoms with Gasteiger partial charge in [-0.25, -0.2) is 0 Å². The number of aliphatic hydroxyl groups is 1. The van der Waals surface area contributed by atoms with Crippen molar-refractivity contribution < 1.29 is 9.90 Å². The smallest absolute Gasteiger partial charge is 0.251 e. The third-order valence-electron chi connectivity index (χ3n) is 5.10. The van der Waals surface area contributed by atoms with E-state index in [1.807, 2.05) is 25.1 Å². The topological polar surface area (TPSA) is 61.4 Å². The van der Waals surface area contributed by atoms with Crippen molar-refractivity contribution in [2.24, 2.45) is 0 Å². The van der Waals surface area contributed by atoms with E-state index in [1.54, 1.807) is 0 Å². The lowest BCUT2D eigenvalue weighted by atomic mass is 9.81. The zero-order chi connectivity index (χ0) is 17.8. The van der Waals surface area contributed by atoms with Crippen molar-refractivity contribution in [1.82, 2.24) is 5.32 Å². The van der Waals surface area contributed by atoms with Crippen LogP contribution in [0.2, 0.25) is 0 Å². The summed E-state index contributed by atoms with van der Waals surface area (Å²) in [5.74, 6) is 0.443. The number of carbonyl (C=O) groups excluding carboxylic acids is 1. The third kappa shape index (κ3) is 3.69. The van der Waals surface area contributed by atoms with E-state index in [-0.39, 0.29) is 25.1 Å². The fourth-order valence-electron chi connectivity index (χ4n) is 3.64. The number of rotatable bonds is 5. The first-order valence-electron chi connectivity index (χ1n) is 8.96. The Morgan fingerprint density at radius 3 is 2.64 bits per heavy atom. The van der Waals surface area contributed by atoms with Crippen LogP contribution >= 0.6 is 0 Å². The van der Waals surface area contributed by atoms with Gasteiger partial charge in [0.2, 0.25) is 0 Å². The quantitative estimate of drug-likeness (QED) is 0.778. The van der Waals surface area contributed by atoms with Gasteiger partial charge in [-0.2, -0.15) is 0 Å². The lowest BCUT2D eigenvalue weighted by Gasteiger charge is -2.31. The van der Waals surface area contributed by atoms with Gasteiger partial charge in [-0.1, -0.05) is 37.3 Å². The Bertz CT molecular complexity index is 757. The molecule has 3 rings (SSSR count). The summed E-state index contributed by atoms with van der Waals surface area (Å²) in [5.41, 5.74) is 5.35. The molecule has 132 valence electrons. The van der Waals surface area contributed by atoms with Gasteiger partial charge in [0.05, 0.1) is 12.6 Å². The number of hydrogen-bond donors (Lipinski definition) is 3. The number of hydrogen-bond acceptors (Lipinski definition) is 3. The van der Waals surface area contributed by atoms with Crippen LogP contribution in [-0.4, -0.2) is 24.2 Å². The zero-order valence-corrected chi connectivity index (χ0v) is 14.9. The molecule has 1 aliphatic carbocycles. The van der Waals surface area contributed by atoms with E-state index in [1.165, 1.54) is 11.1 Å². The number of benzene rings is 2. The van der Waals surface area contributed by atoms with Crippen molar-refractivity contribution >= 4 is 11.6 Å². The summed E-state index contributed by atoms with van der Waals surface area (Å²) >= 11 is 0. The molecule has 2 atom stereocenters. The predicted molar refractivity (Wildman–Crippen MR) is 101 cm³/mol. The summed E-state index contributed by atoms with van der Waals surface area (Å²) in [4.78, 5) is 12.3. The van der Waals surface area contributed by atoms with Gasteiger partial charge in [-0.15, -0.1) is 0 Å². The molecule has 4 heteroatoms. The Morgan fingerprint density at radius 2 is 1.88 bits per heavy atom. The highest BCUT2D eigenvalue weighted by Gasteiger charge is 2.25. The zero-order valence-electron chi connectivity index (χ0n) is 14.9. The maximum atomic E-state index is 12.3. The molecular weight excluding hydrogens is 312 g/mol. The fraction of sp³-hybridized carbons (Fsp3) is 0.381. The Hall–Kier alpha value is -2.33. The minimum Gasteiger partial charge on any atom is -0.395 e. The summed E-state index contributed by atoms with van der Waals surface area (Å²) in [6.07, 6.45) is 2.24. The van der Waals surface area contributed by atoms with Crippen LogP contribution < -0.4 is 10.6 Å². The lowest BCUT2D eigenvalue weighted by Crippen LogP contribution is -2.27. The van der Waals surface area contributed by atoms with E-state index in [0.29, 0.717) is 11.5 Å². The van der Waals surface area contributed by atoms with Crippen molar-refractivity contribution in [2.45, 2.75) is 38.6 Å². The number of amides is 1. The minimum absolute atomic E-state index is 0.0558. The number of fused-ring (bicyclic) bond motifs is 1. The first-order valence-corrected chi connectivity index (χ1v) is 8.96. The molecule has 0 heterocycles. The molecule has 0 saturated carbocycles. The molecule has 0 bridgehead atoms. The van der Waals surface area contributed by atoms with Gasteiger partial charge in [0.15, 0.2) is 0 Å². The van der Waals surface area contributed by atoms with Crippen LogP contribution in [0.15, 0.2) is 42.5 Å². The van der Waals surface area contributed by atoms with Gasteiger partial charge < -0.3 is 15.7 Å². The maximum Gasteiger partial charge on any atom is 0.251 e. The van der Waals surface area contributed by atoms with E-state index in [2.05, 4.69) is 41.8 Å². The summed E-state index contributed by atoms with van der Waals surface area (Å²) in [5, 5.41) is 15.3. The van der Waals surface area contributed by atoms with Gasteiger partial charge in [0, 0.05) is 17.8 Å². The van der Waals surface area contributed by atoms with Gasteiger partial charge >= 0.3 is 0 Å². The number of aliphatic hydroxyl groups excluding tert-OH is 1. The van der Waals surface area contributed by atoms with E-state index < -0.39 is 0 Å². The first kappa shape index (κ1) is 17.5. The van der Waals surface area contributed by atoms with Crippen LogP contribution in [0.1, 0.15) is 58.8 Å². The van der Waals surface area contributed by atoms with E-state index in [9.17, 15) is 4.79 Å². The monoisotopic (exact) mass is 338 g/mol. The van der Waals surface area contributed by atoms with Crippen LogP contribution in [0.4, 0.5) is 5.69 Å². The SMILES string of the molecule is Cc1c(NC2CCC(C)c3ccccc32)cccc1C(=O)NCCO. The first-order chi connectivity index (χ1) is 12.1. The highest BCUT2D eigenvalue weighted by molar-refractivity contribution is 5.97. The molecule has 1 aliphatic rings.